The summed E-state index contributed by atoms with van der Waals surface area (Å²) in [6.07, 6.45) is 4.56. The molecule has 0 bridgehead atoms. The Morgan fingerprint density at radius 2 is 1.82 bits per heavy atom. The maximum atomic E-state index is 10.6. The molecule has 1 aliphatic heterocycles. The molecule has 3 aromatic rings. The summed E-state index contributed by atoms with van der Waals surface area (Å²) in [4.78, 5) is 2.45. The lowest BCUT2D eigenvalue weighted by Crippen LogP contribution is -2.47. The summed E-state index contributed by atoms with van der Waals surface area (Å²) >= 11 is 0. The average molecular weight is 446 g/mol. The summed E-state index contributed by atoms with van der Waals surface area (Å²) in [6.45, 7) is 4.37. The van der Waals surface area contributed by atoms with Crippen molar-refractivity contribution in [1.29, 1.82) is 0 Å². The predicted octanol–water partition coefficient (Wildman–Crippen LogP) is 4.59. The van der Waals surface area contributed by atoms with Gasteiger partial charge in [-0.15, -0.1) is 0 Å². The van der Waals surface area contributed by atoms with Gasteiger partial charge in [0.15, 0.2) is 0 Å². The standard InChI is InChI=1S/C28H35N3O2/c1-28(33,19-32)24-9-6-14-31(18-24)17-23-13-12-22(15-25(23)20-10-11-20)26-16-27(30(2)29-26)21-7-4-3-5-8-21/h3-5,7-8,12-13,15-16,20,24,32-33H,6,9-11,14,17-19H2,1-2H3/t24-,28+/m0/s1. The maximum absolute atomic E-state index is 10.6. The highest BCUT2D eigenvalue weighted by Crippen LogP contribution is 2.43. The number of hydrogen-bond donors (Lipinski definition) is 2. The summed E-state index contributed by atoms with van der Waals surface area (Å²) in [5, 5.41) is 25.0. The predicted molar refractivity (Wildman–Crippen MR) is 132 cm³/mol. The topological polar surface area (TPSA) is 61.5 Å². The zero-order chi connectivity index (χ0) is 23.0. The number of piperidine rings is 1. The molecule has 0 unspecified atom stereocenters. The van der Waals surface area contributed by atoms with Crippen LogP contribution in [0.5, 0.6) is 0 Å². The highest BCUT2D eigenvalue weighted by atomic mass is 16.3. The Labute approximate surface area is 196 Å². The SMILES string of the molecule is Cn1nc(-c2ccc(CN3CCC[C@H]([C@](C)(O)CO)C3)c(C3CC3)c2)cc1-c1ccccc1. The number of rotatable bonds is 7. The van der Waals surface area contributed by atoms with Gasteiger partial charge in [-0.3, -0.25) is 9.58 Å². The molecule has 0 spiro atoms. The lowest BCUT2D eigenvalue weighted by Gasteiger charge is -2.39. The minimum atomic E-state index is -1.00. The third-order valence-electron chi connectivity index (χ3n) is 7.51. The Morgan fingerprint density at radius 1 is 1.03 bits per heavy atom. The Kier molecular flexibility index (Phi) is 6.12. The third kappa shape index (κ3) is 4.77. The summed E-state index contributed by atoms with van der Waals surface area (Å²) in [5.41, 5.74) is 6.34. The van der Waals surface area contributed by atoms with Crippen molar-refractivity contribution in [2.75, 3.05) is 19.7 Å². The first-order valence-electron chi connectivity index (χ1n) is 12.2. The van der Waals surface area contributed by atoms with Gasteiger partial charge in [0, 0.05) is 31.6 Å². The monoisotopic (exact) mass is 445 g/mol. The highest BCUT2D eigenvalue weighted by molar-refractivity contribution is 5.69. The zero-order valence-corrected chi connectivity index (χ0v) is 19.7. The highest BCUT2D eigenvalue weighted by Gasteiger charge is 2.35. The second-order valence-electron chi connectivity index (χ2n) is 10.2. The van der Waals surface area contributed by atoms with Crippen LogP contribution in [0.4, 0.5) is 0 Å². The van der Waals surface area contributed by atoms with Crippen LogP contribution in [0.3, 0.4) is 0 Å². The molecular weight excluding hydrogens is 410 g/mol. The fourth-order valence-corrected chi connectivity index (χ4v) is 5.24. The number of aliphatic hydroxyl groups is 2. The largest absolute Gasteiger partial charge is 0.393 e. The molecule has 0 amide bonds. The van der Waals surface area contributed by atoms with Crippen LogP contribution in [-0.2, 0) is 13.6 Å². The van der Waals surface area contributed by atoms with Gasteiger partial charge in [-0.05, 0) is 73.9 Å². The van der Waals surface area contributed by atoms with E-state index >= 15 is 0 Å². The van der Waals surface area contributed by atoms with Crippen LogP contribution in [0.25, 0.3) is 22.5 Å². The van der Waals surface area contributed by atoms with Gasteiger partial charge in [0.25, 0.3) is 0 Å². The smallest absolute Gasteiger partial charge is 0.0929 e. The van der Waals surface area contributed by atoms with Gasteiger partial charge in [0.1, 0.15) is 0 Å². The normalized spacial score (nSPS) is 21.2. The van der Waals surface area contributed by atoms with Crippen LogP contribution in [0.15, 0.2) is 54.6 Å². The van der Waals surface area contributed by atoms with E-state index in [0.717, 1.165) is 43.9 Å². The van der Waals surface area contributed by atoms with Gasteiger partial charge < -0.3 is 10.2 Å². The Morgan fingerprint density at radius 3 is 2.55 bits per heavy atom. The fourth-order valence-electron chi connectivity index (χ4n) is 5.24. The van der Waals surface area contributed by atoms with Crippen LogP contribution in [0.2, 0.25) is 0 Å². The van der Waals surface area contributed by atoms with E-state index in [4.69, 9.17) is 5.10 Å². The zero-order valence-electron chi connectivity index (χ0n) is 19.7. The summed E-state index contributed by atoms with van der Waals surface area (Å²) < 4.78 is 1.97. The molecule has 1 saturated carbocycles. The Bertz CT molecular complexity index is 1100. The van der Waals surface area contributed by atoms with E-state index in [-0.39, 0.29) is 12.5 Å². The molecule has 33 heavy (non-hydrogen) atoms. The minimum absolute atomic E-state index is 0.116. The summed E-state index contributed by atoms with van der Waals surface area (Å²) in [6, 6.07) is 19.5. The second kappa shape index (κ2) is 9.05. The number of likely N-dealkylation sites (tertiary alicyclic amines) is 1. The molecule has 2 N–H and O–H groups in total. The lowest BCUT2D eigenvalue weighted by atomic mass is 9.83. The van der Waals surface area contributed by atoms with Gasteiger partial charge in [-0.1, -0.05) is 42.5 Å². The van der Waals surface area contributed by atoms with Crippen molar-refractivity contribution in [3.63, 3.8) is 0 Å². The first kappa shape index (κ1) is 22.3. The van der Waals surface area contributed by atoms with Crippen LogP contribution >= 0.6 is 0 Å². The van der Waals surface area contributed by atoms with Gasteiger partial charge >= 0.3 is 0 Å². The van der Waals surface area contributed by atoms with E-state index in [9.17, 15) is 10.2 Å². The number of hydrogen-bond acceptors (Lipinski definition) is 4. The number of benzene rings is 2. The molecule has 1 saturated heterocycles. The van der Waals surface area contributed by atoms with E-state index in [1.165, 1.54) is 35.1 Å². The van der Waals surface area contributed by atoms with Crippen LogP contribution in [0, 0.1) is 5.92 Å². The molecule has 1 aromatic heterocycles. The molecule has 2 atom stereocenters. The first-order chi connectivity index (χ1) is 15.9. The molecule has 5 nitrogen and oxygen atoms in total. The summed E-state index contributed by atoms with van der Waals surface area (Å²) in [7, 11) is 2.01. The number of nitrogens with zero attached hydrogens (tertiary/aromatic N) is 3. The van der Waals surface area contributed by atoms with Gasteiger partial charge in [0.2, 0.25) is 0 Å². The van der Waals surface area contributed by atoms with Crippen molar-refractivity contribution in [1.82, 2.24) is 14.7 Å². The molecule has 1 aliphatic carbocycles. The summed E-state index contributed by atoms with van der Waals surface area (Å²) in [5.74, 6) is 0.767. The van der Waals surface area contributed by atoms with Crippen molar-refractivity contribution in [2.45, 2.75) is 50.7 Å². The van der Waals surface area contributed by atoms with Crippen LogP contribution in [-0.4, -0.2) is 50.2 Å². The lowest BCUT2D eigenvalue weighted by molar-refractivity contribution is -0.0697. The first-order valence-corrected chi connectivity index (χ1v) is 12.2. The maximum Gasteiger partial charge on any atom is 0.0929 e. The van der Waals surface area contributed by atoms with Crippen molar-refractivity contribution in [3.8, 4) is 22.5 Å². The van der Waals surface area contributed by atoms with Crippen molar-refractivity contribution >= 4 is 0 Å². The van der Waals surface area contributed by atoms with E-state index in [0.29, 0.717) is 5.92 Å². The molecule has 5 rings (SSSR count). The number of aryl methyl sites for hydroxylation is 1. The van der Waals surface area contributed by atoms with E-state index in [1.54, 1.807) is 6.92 Å². The van der Waals surface area contributed by atoms with Crippen LogP contribution in [0.1, 0.15) is 49.7 Å². The van der Waals surface area contributed by atoms with Crippen molar-refractivity contribution in [3.05, 3.63) is 65.7 Å². The van der Waals surface area contributed by atoms with E-state index in [2.05, 4.69) is 53.4 Å². The molecular formula is C28H35N3O2. The van der Waals surface area contributed by atoms with Gasteiger partial charge in [0.05, 0.1) is 23.6 Å². The molecule has 2 heterocycles. The quantitative estimate of drug-likeness (QED) is 0.559. The molecule has 5 heteroatoms. The van der Waals surface area contributed by atoms with Gasteiger partial charge in [-0.2, -0.15) is 5.10 Å². The van der Waals surface area contributed by atoms with Gasteiger partial charge in [-0.25, -0.2) is 0 Å². The van der Waals surface area contributed by atoms with Crippen LogP contribution < -0.4 is 0 Å². The number of aliphatic hydroxyl groups excluding tert-OH is 1. The Balaban J connectivity index is 1.39. The third-order valence-corrected chi connectivity index (χ3v) is 7.51. The fraction of sp³-hybridized carbons (Fsp3) is 0.464. The molecule has 2 fully saturated rings. The van der Waals surface area contributed by atoms with E-state index in [1.807, 2.05) is 17.8 Å². The second-order valence-corrected chi connectivity index (χ2v) is 10.2. The van der Waals surface area contributed by atoms with Crippen molar-refractivity contribution in [2.24, 2.45) is 13.0 Å². The number of aromatic nitrogens is 2. The van der Waals surface area contributed by atoms with Crippen molar-refractivity contribution < 1.29 is 10.2 Å². The molecule has 2 aliphatic rings. The Hall–Kier alpha value is -2.47. The average Bonchev–Trinajstić information content (AvgIpc) is 3.61. The minimum Gasteiger partial charge on any atom is -0.393 e. The molecule has 0 radical (unpaired) electrons. The molecule has 174 valence electrons. The van der Waals surface area contributed by atoms with E-state index < -0.39 is 5.60 Å². The molecule has 2 aromatic carbocycles.